The minimum Gasteiger partial charge on any atom is -0.369 e. The lowest BCUT2D eigenvalue weighted by Crippen LogP contribution is -2.44. The Balaban J connectivity index is 2.08. The lowest BCUT2D eigenvalue weighted by atomic mass is 10.2. The Morgan fingerprint density at radius 3 is 2.50 bits per heavy atom. The second-order valence-corrected chi connectivity index (χ2v) is 3.78. The normalized spacial score (nSPS) is 18.6. The van der Waals surface area contributed by atoms with Crippen molar-refractivity contribution < 1.29 is 5.21 Å². The van der Waals surface area contributed by atoms with Gasteiger partial charge in [0, 0.05) is 31.9 Å². The number of hydrogen-bond acceptors (Lipinski definition) is 3. The van der Waals surface area contributed by atoms with Gasteiger partial charge in [0.1, 0.15) is 0 Å². The number of hydroxylamine groups is 2. The molecule has 14 heavy (non-hydrogen) atoms. The van der Waals surface area contributed by atoms with Crippen LogP contribution in [0, 0.1) is 6.92 Å². The van der Waals surface area contributed by atoms with Crippen molar-refractivity contribution in [1.82, 2.24) is 5.06 Å². The van der Waals surface area contributed by atoms with E-state index in [1.807, 2.05) is 0 Å². The SMILES string of the molecule is Cc1cccc(N2CCN(O)CC2)c1. The molecule has 2 rings (SSSR count). The van der Waals surface area contributed by atoms with Gasteiger partial charge in [-0.3, -0.25) is 0 Å². The van der Waals surface area contributed by atoms with Gasteiger partial charge in [0.25, 0.3) is 0 Å². The van der Waals surface area contributed by atoms with Crippen LogP contribution in [0.3, 0.4) is 0 Å². The second-order valence-electron chi connectivity index (χ2n) is 3.78. The summed E-state index contributed by atoms with van der Waals surface area (Å²) in [7, 11) is 0. The van der Waals surface area contributed by atoms with Crippen molar-refractivity contribution in [3.05, 3.63) is 29.8 Å². The van der Waals surface area contributed by atoms with Crippen LogP contribution >= 0.6 is 0 Å². The third-order valence-electron chi connectivity index (χ3n) is 2.62. The first-order valence-corrected chi connectivity index (χ1v) is 5.01. The van der Waals surface area contributed by atoms with Crippen LogP contribution < -0.4 is 4.90 Å². The van der Waals surface area contributed by atoms with Crippen molar-refractivity contribution in [2.75, 3.05) is 31.1 Å². The van der Waals surface area contributed by atoms with Crippen LogP contribution in [0.2, 0.25) is 0 Å². The van der Waals surface area contributed by atoms with Crippen molar-refractivity contribution in [3.8, 4) is 0 Å². The quantitative estimate of drug-likeness (QED) is 0.730. The van der Waals surface area contributed by atoms with E-state index in [0.29, 0.717) is 0 Å². The lowest BCUT2D eigenvalue weighted by Gasteiger charge is -2.32. The molecule has 3 nitrogen and oxygen atoms in total. The summed E-state index contributed by atoms with van der Waals surface area (Å²) in [6.45, 7) is 5.37. The van der Waals surface area contributed by atoms with Crippen LogP contribution in [0.1, 0.15) is 5.56 Å². The zero-order valence-corrected chi connectivity index (χ0v) is 8.48. The molecule has 0 radical (unpaired) electrons. The van der Waals surface area contributed by atoms with Gasteiger partial charge in [-0.15, -0.1) is 0 Å². The monoisotopic (exact) mass is 192 g/mol. The zero-order chi connectivity index (χ0) is 9.97. The van der Waals surface area contributed by atoms with E-state index in [0.717, 1.165) is 26.2 Å². The number of piperazine rings is 1. The molecule has 0 atom stereocenters. The van der Waals surface area contributed by atoms with E-state index in [4.69, 9.17) is 0 Å². The predicted octanol–water partition coefficient (Wildman–Crippen LogP) is 1.51. The van der Waals surface area contributed by atoms with Crippen molar-refractivity contribution >= 4 is 5.69 Å². The fraction of sp³-hybridized carbons (Fsp3) is 0.455. The molecule has 0 spiro atoms. The van der Waals surface area contributed by atoms with Crippen LogP contribution in [-0.2, 0) is 0 Å². The molecule has 1 aromatic rings. The predicted molar refractivity (Wildman–Crippen MR) is 56.8 cm³/mol. The third-order valence-corrected chi connectivity index (χ3v) is 2.62. The van der Waals surface area contributed by atoms with E-state index < -0.39 is 0 Å². The van der Waals surface area contributed by atoms with Gasteiger partial charge >= 0.3 is 0 Å². The Morgan fingerprint density at radius 2 is 1.86 bits per heavy atom. The molecule has 1 fully saturated rings. The maximum Gasteiger partial charge on any atom is 0.0414 e. The molecular formula is C11H16N2O. The summed E-state index contributed by atoms with van der Waals surface area (Å²) in [5, 5.41) is 10.6. The van der Waals surface area contributed by atoms with Crippen LogP contribution in [0.25, 0.3) is 0 Å². The van der Waals surface area contributed by atoms with Crippen molar-refractivity contribution in [1.29, 1.82) is 0 Å². The smallest absolute Gasteiger partial charge is 0.0414 e. The average Bonchev–Trinajstić information content (AvgIpc) is 2.19. The average molecular weight is 192 g/mol. The Bertz CT molecular complexity index is 306. The Labute approximate surface area is 84.5 Å². The van der Waals surface area contributed by atoms with Crippen molar-refractivity contribution in [3.63, 3.8) is 0 Å². The molecule has 1 aromatic carbocycles. The molecule has 3 heteroatoms. The summed E-state index contributed by atoms with van der Waals surface area (Å²) in [5.74, 6) is 0. The number of nitrogens with zero attached hydrogens (tertiary/aromatic N) is 2. The summed E-state index contributed by atoms with van der Waals surface area (Å²) in [6, 6.07) is 8.49. The standard InChI is InChI=1S/C11H16N2O/c1-10-3-2-4-11(9-10)12-5-7-13(14)8-6-12/h2-4,9,14H,5-8H2,1H3. The first-order valence-electron chi connectivity index (χ1n) is 5.01. The zero-order valence-electron chi connectivity index (χ0n) is 8.48. The van der Waals surface area contributed by atoms with E-state index in [1.165, 1.54) is 16.3 Å². The molecular weight excluding hydrogens is 176 g/mol. The van der Waals surface area contributed by atoms with E-state index in [-0.39, 0.29) is 0 Å². The van der Waals surface area contributed by atoms with Crippen molar-refractivity contribution in [2.45, 2.75) is 6.92 Å². The molecule has 76 valence electrons. The van der Waals surface area contributed by atoms with Gasteiger partial charge in [-0.05, 0) is 24.6 Å². The first-order chi connectivity index (χ1) is 6.75. The van der Waals surface area contributed by atoms with Crippen LogP contribution in [-0.4, -0.2) is 36.4 Å². The largest absolute Gasteiger partial charge is 0.369 e. The maximum absolute atomic E-state index is 9.24. The third kappa shape index (κ3) is 2.05. The van der Waals surface area contributed by atoms with Gasteiger partial charge < -0.3 is 10.1 Å². The van der Waals surface area contributed by atoms with Gasteiger partial charge in [-0.25, -0.2) is 0 Å². The molecule has 0 unspecified atom stereocenters. The lowest BCUT2D eigenvalue weighted by molar-refractivity contribution is -0.0935. The second kappa shape index (κ2) is 3.98. The maximum atomic E-state index is 9.24. The highest BCUT2D eigenvalue weighted by Gasteiger charge is 2.14. The van der Waals surface area contributed by atoms with Crippen molar-refractivity contribution in [2.24, 2.45) is 0 Å². The molecule has 0 bridgehead atoms. The molecule has 1 heterocycles. The van der Waals surface area contributed by atoms with E-state index in [9.17, 15) is 5.21 Å². The number of anilines is 1. The van der Waals surface area contributed by atoms with Gasteiger partial charge in [0.2, 0.25) is 0 Å². The van der Waals surface area contributed by atoms with Gasteiger partial charge in [0.05, 0.1) is 0 Å². The van der Waals surface area contributed by atoms with E-state index in [2.05, 4.69) is 36.1 Å². The number of benzene rings is 1. The summed E-state index contributed by atoms with van der Waals surface area (Å²) >= 11 is 0. The van der Waals surface area contributed by atoms with Gasteiger partial charge in [-0.1, -0.05) is 12.1 Å². The van der Waals surface area contributed by atoms with Gasteiger partial charge in [0.15, 0.2) is 0 Å². The van der Waals surface area contributed by atoms with Crippen LogP contribution in [0.4, 0.5) is 5.69 Å². The highest BCUT2D eigenvalue weighted by molar-refractivity contribution is 5.48. The molecule has 1 saturated heterocycles. The van der Waals surface area contributed by atoms with Gasteiger partial charge in [-0.2, -0.15) is 5.06 Å². The molecule has 0 amide bonds. The number of hydrogen-bond donors (Lipinski definition) is 1. The Hall–Kier alpha value is -1.06. The minimum absolute atomic E-state index is 0.730. The summed E-state index contributed by atoms with van der Waals surface area (Å²) in [5.41, 5.74) is 2.55. The Morgan fingerprint density at radius 1 is 1.14 bits per heavy atom. The van der Waals surface area contributed by atoms with Crippen LogP contribution in [0.5, 0.6) is 0 Å². The topological polar surface area (TPSA) is 26.7 Å². The Kier molecular flexibility index (Phi) is 2.70. The van der Waals surface area contributed by atoms with Crippen LogP contribution in [0.15, 0.2) is 24.3 Å². The van der Waals surface area contributed by atoms with E-state index in [1.54, 1.807) is 0 Å². The molecule has 0 saturated carbocycles. The highest BCUT2D eigenvalue weighted by atomic mass is 16.5. The minimum atomic E-state index is 0.730. The first kappa shape index (κ1) is 9.49. The molecule has 1 aliphatic rings. The number of aryl methyl sites for hydroxylation is 1. The number of rotatable bonds is 1. The fourth-order valence-corrected chi connectivity index (χ4v) is 1.78. The van der Waals surface area contributed by atoms with E-state index >= 15 is 0 Å². The molecule has 1 N–H and O–H groups in total. The highest BCUT2D eigenvalue weighted by Crippen LogP contribution is 2.16. The summed E-state index contributed by atoms with van der Waals surface area (Å²) in [6.07, 6.45) is 0. The molecule has 0 aromatic heterocycles. The summed E-state index contributed by atoms with van der Waals surface area (Å²) < 4.78 is 0. The molecule has 0 aliphatic carbocycles. The fourth-order valence-electron chi connectivity index (χ4n) is 1.78. The summed E-state index contributed by atoms with van der Waals surface area (Å²) in [4.78, 5) is 2.31. The molecule has 1 aliphatic heterocycles.